The highest BCUT2D eigenvalue weighted by Crippen LogP contribution is 2.26. The van der Waals surface area contributed by atoms with Crippen LogP contribution < -0.4 is 20.3 Å². The Morgan fingerprint density at radius 3 is 2.42 bits per heavy atom. The molecular weight excluding hydrogens is 525 g/mol. The van der Waals surface area contributed by atoms with Gasteiger partial charge >= 0.3 is 12.3 Å². The number of nitrogens with zero attached hydrogens (tertiary/aromatic N) is 2. The standard InChI is InChI=1S/C29H31F3N4O4/c1-19-16-23(40-29(30,31)32)9-10-24(19)27(37)35-25(28(38)39)17-20-5-7-22(8-6-20)36-14-11-21(12-15-36)18-34-26-4-2-3-13-33-26/h2-10,13,16,21,25H,11-12,14-15,17-18H2,1H3,(H,33,34)(H,35,37)(H,38,39). The number of hydrogen-bond acceptors (Lipinski definition) is 6. The predicted octanol–water partition coefficient (Wildman–Crippen LogP) is 5.04. The van der Waals surface area contributed by atoms with Crippen LogP contribution in [0.2, 0.25) is 0 Å². The van der Waals surface area contributed by atoms with Crippen molar-refractivity contribution in [1.29, 1.82) is 0 Å². The summed E-state index contributed by atoms with van der Waals surface area (Å²) in [5.74, 6) is -0.940. The highest BCUT2D eigenvalue weighted by atomic mass is 19.4. The Labute approximate surface area is 230 Å². The topological polar surface area (TPSA) is 104 Å². The summed E-state index contributed by atoms with van der Waals surface area (Å²) < 4.78 is 41.2. The van der Waals surface area contributed by atoms with Crippen LogP contribution in [0.25, 0.3) is 0 Å². The Morgan fingerprint density at radius 2 is 1.82 bits per heavy atom. The number of nitrogens with one attached hydrogen (secondary N) is 2. The molecule has 8 nitrogen and oxygen atoms in total. The number of piperidine rings is 1. The molecule has 3 aromatic rings. The van der Waals surface area contributed by atoms with E-state index < -0.39 is 30.0 Å². The first-order valence-corrected chi connectivity index (χ1v) is 13.0. The number of ether oxygens (including phenoxy) is 1. The van der Waals surface area contributed by atoms with Gasteiger partial charge in [0.2, 0.25) is 0 Å². The summed E-state index contributed by atoms with van der Waals surface area (Å²) >= 11 is 0. The van der Waals surface area contributed by atoms with E-state index >= 15 is 0 Å². The van der Waals surface area contributed by atoms with Gasteiger partial charge in [0.15, 0.2) is 0 Å². The van der Waals surface area contributed by atoms with Crippen LogP contribution in [0, 0.1) is 12.8 Å². The summed E-state index contributed by atoms with van der Waals surface area (Å²) in [5, 5.41) is 15.6. The largest absolute Gasteiger partial charge is 0.573 e. The highest BCUT2D eigenvalue weighted by Gasteiger charge is 2.31. The number of carbonyl (C=O) groups excluding carboxylic acids is 1. The molecule has 0 saturated carbocycles. The molecule has 0 radical (unpaired) electrons. The van der Waals surface area contributed by atoms with E-state index in [2.05, 4.69) is 25.3 Å². The molecule has 0 spiro atoms. The van der Waals surface area contributed by atoms with Gasteiger partial charge < -0.3 is 25.4 Å². The molecular formula is C29H31F3N4O4. The number of aromatic nitrogens is 1. The van der Waals surface area contributed by atoms with E-state index in [1.54, 1.807) is 6.20 Å². The van der Waals surface area contributed by atoms with Crippen LogP contribution in [0.3, 0.4) is 0 Å². The second-order valence-electron chi connectivity index (χ2n) is 9.79. The number of pyridine rings is 1. The van der Waals surface area contributed by atoms with E-state index in [-0.39, 0.29) is 17.5 Å². The number of aliphatic carboxylic acids is 1. The van der Waals surface area contributed by atoms with Gasteiger partial charge in [-0.3, -0.25) is 4.79 Å². The number of carboxylic acids is 1. The van der Waals surface area contributed by atoms with Crippen LogP contribution in [0.1, 0.15) is 34.3 Å². The summed E-state index contributed by atoms with van der Waals surface area (Å²) in [4.78, 5) is 31.2. The number of hydrogen-bond donors (Lipinski definition) is 3. The van der Waals surface area contributed by atoms with Crippen LogP contribution >= 0.6 is 0 Å². The number of anilines is 2. The second-order valence-corrected chi connectivity index (χ2v) is 9.79. The maximum Gasteiger partial charge on any atom is 0.573 e. The second kappa shape index (κ2) is 12.7. The fourth-order valence-corrected chi connectivity index (χ4v) is 4.71. The minimum atomic E-state index is -4.85. The Morgan fingerprint density at radius 1 is 1.10 bits per heavy atom. The number of halogens is 3. The molecule has 11 heteroatoms. The third-order valence-electron chi connectivity index (χ3n) is 6.87. The molecule has 4 rings (SSSR count). The van der Waals surface area contributed by atoms with E-state index in [0.717, 1.165) is 61.7 Å². The number of rotatable bonds is 10. The molecule has 1 fully saturated rings. The van der Waals surface area contributed by atoms with E-state index in [4.69, 9.17) is 0 Å². The van der Waals surface area contributed by atoms with E-state index in [1.165, 1.54) is 13.0 Å². The first kappa shape index (κ1) is 28.7. The van der Waals surface area contributed by atoms with E-state index in [9.17, 15) is 27.9 Å². The molecule has 3 N–H and O–H groups in total. The number of carboxylic acid groups (broad SMARTS) is 1. The van der Waals surface area contributed by atoms with Crippen molar-refractivity contribution in [3.63, 3.8) is 0 Å². The molecule has 1 saturated heterocycles. The quantitative estimate of drug-likeness (QED) is 0.321. The molecule has 0 bridgehead atoms. The van der Waals surface area contributed by atoms with Crippen molar-refractivity contribution < 1.29 is 32.6 Å². The zero-order chi connectivity index (χ0) is 28.7. The third-order valence-corrected chi connectivity index (χ3v) is 6.87. The lowest BCUT2D eigenvalue weighted by atomic mass is 9.96. The van der Waals surface area contributed by atoms with Gasteiger partial charge in [0, 0.05) is 43.5 Å². The molecule has 1 amide bonds. The molecule has 2 aromatic carbocycles. The van der Waals surface area contributed by atoms with Crippen molar-refractivity contribution >= 4 is 23.4 Å². The highest BCUT2D eigenvalue weighted by molar-refractivity contribution is 5.98. The number of alkyl halides is 3. The SMILES string of the molecule is Cc1cc(OC(F)(F)F)ccc1C(=O)NC(Cc1ccc(N2CCC(CNc3ccccn3)CC2)cc1)C(=O)O. The monoisotopic (exact) mass is 556 g/mol. The Hall–Kier alpha value is -4.28. The lowest BCUT2D eigenvalue weighted by molar-refractivity contribution is -0.274. The molecule has 2 heterocycles. The minimum Gasteiger partial charge on any atom is -0.480 e. The average molecular weight is 557 g/mol. The summed E-state index contributed by atoms with van der Waals surface area (Å²) in [5.41, 5.74) is 2.07. The molecule has 212 valence electrons. The van der Waals surface area contributed by atoms with Crippen molar-refractivity contribution in [2.75, 3.05) is 29.9 Å². The number of aryl methyl sites for hydroxylation is 1. The number of carbonyl (C=O) groups is 2. The maximum absolute atomic E-state index is 12.7. The van der Waals surface area contributed by atoms with Crippen LogP contribution in [0.4, 0.5) is 24.7 Å². The minimum absolute atomic E-state index is 0.0525. The van der Waals surface area contributed by atoms with Gasteiger partial charge in [-0.25, -0.2) is 9.78 Å². The van der Waals surface area contributed by atoms with E-state index in [0.29, 0.717) is 5.92 Å². The Balaban J connectivity index is 1.30. The molecule has 1 unspecified atom stereocenters. The van der Waals surface area contributed by atoms with Crippen LogP contribution in [-0.4, -0.2) is 54.0 Å². The number of benzene rings is 2. The molecule has 1 aliphatic rings. The van der Waals surface area contributed by atoms with Gasteiger partial charge in [0.25, 0.3) is 5.91 Å². The summed E-state index contributed by atoms with van der Waals surface area (Å²) in [7, 11) is 0. The van der Waals surface area contributed by atoms with Crippen LogP contribution in [0.15, 0.2) is 66.9 Å². The summed E-state index contributed by atoms with van der Waals surface area (Å²) in [6.45, 7) is 4.14. The van der Waals surface area contributed by atoms with Crippen molar-refractivity contribution in [3.8, 4) is 5.75 Å². The molecule has 40 heavy (non-hydrogen) atoms. The summed E-state index contributed by atoms with van der Waals surface area (Å²) in [6.07, 6.45) is -0.957. The average Bonchev–Trinajstić information content (AvgIpc) is 2.92. The van der Waals surface area contributed by atoms with Gasteiger partial charge in [-0.2, -0.15) is 0 Å². The first-order valence-electron chi connectivity index (χ1n) is 13.0. The third kappa shape index (κ3) is 8.11. The Kier molecular flexibility index (Phi) is 9.13. The Bertz CT molecular complexity index is 1290. The zero-order valence-electron chi connectivity index (χ0n) is 21.9. The van der Waals surface area contributed by atoms with E-state index in [1.807, 2.05) is 42.5 Å². The van der Waals surface area contributed by atoms with Crippen molar-refractivity contribution in [2.45, 2.75) is 38.6 Å². The van der Waals surface area contributed by atoms with Crippen LogP contribution in [-0.2, 0) is 11.2 Å². The fourth-order valence-electron chi connectivity index (χ4n) is 4.71. The van der Waals surface area contributed by atoms with Gasteiger partial charge in [-0.1, -0.05) is 18.2 Å². The normalized spacial score (nSPS) is 14.8. The van der Waals surface area contributed by atoms with Crippen molar-refractivity contribution in [1.82, 2.24) is 10.3 Å². The van der Waals surface area contributed by atoms with Gasteiger partial charge in [-0.05, 0) is 79.3 Å². The first-order chi connectivity index (χ1) is 19.1. The lowest BCUT2D eigenvalue weighted by Gasteiger charge is -2.34. The molecule has 1 aromatic heterocycles. The number of amides is 1. The zero-order valence-corrected chi connectivity index (χ0v) is 21.9. The fraction of sp³-hybridized carbons (Fsp3) is 0.345. The molecule has 1 atom stereocenters. The lowest BCUT2D eigenvalue weighted by Crippen LogP contribution is -2.42. The molecule has 0 aliphatic carbocycles. The van der Waals surface area contributed by atoms with Crippen molar-refractivity contribution in [3.05, 3.63) is 83.6 Å². The maximum atomic E-state index is 12.7. The van der Waals surface area contributed by atoms with Gasteiger partial charge in [0.1, 0.15) is 17.6 Å². The molecule has 1 aliphatic heterocycles. The predicted molar refractivity (Wildman–Crippen MR) is 145 cm³/mol. The van der Waals surface area contributed by atoms with Gasteiger partial charge in [0.05, 0.1) is 0 Å². The smallest absolute Gasteiger partial charge is 0.480 e. The van der Waals surface area contributed by atoms with Crippen LogP contribution in [0.5, 0.6) is 5.75 Å². The summed E-state index contributed by atoms with van der Waals surface area (Å²) in [6, 6.07) is 15.4. The van der Waals surface area contributed by atoms with Crippen molar-refractivity contribution in [2.24, 2.45) is 5.92 Å². The van der Waals surface area contributed by atoms with Gasteiger partial charge in [-0.15, -0.1) is 13.2 Å².